The second-order valence-corrected chi connectivity index (χ2v) is 4.48. The van der Waals surface area contributed by atoms with E-state index < -0.39 is 0 Å². The molecule has 0 N–H and O–H groups in total. The summed E-state index contributed by atoms with van der Waals surface area (Å²) in [5.74, 6) is 0.245. The zero-order chi connectivity index (χ0) is 11.2. The Morgan fingerprint density at radius 2 is 2.31 bits per heavy atom. The van der Waals surface area contributed by atoms with Crippen molar-refractivity contribution in [3.8, 4) is 0 Å². The summed E-state index contributed by atoms with van der Waals surface area (Å²) in [4.78, 5) is 20.8. The van der Waals surface area contributed by atoms with Crippen LogP contribution in [0.1, 0.15) is 17.0 Å². The topological polar surface area (TPSA) is 42.9 Å². The van der Waals surface area contributed by atoms with Gasteiger partial charge in [0.1, 0.15) is 5.78 Å². The smallest absolute Gasteiger partial charge is 0.138 e. The average molecular weight is 232 g/mol. The molecule has 0 aliphatic heterocycles. The highest BCUT2D eigenvalue weighted by Crippen LogP contribution is 2.09. The van der Waals surface area contributed by atoms with Crippen molar-refractivity contribution >= 4 is 17.1 Å². The van der Waals surface area contributed by atoms with Crippen LogP contribution in [0.15, 0.2) is 36.1 Å². The molecule has 0 radical (unpaired) electrons. The highest BCUT2D eigenvalue weighted by Gasteiger charge is 2.05. The van der Waals surface area contributed by atoms with Gasteiger partial charge >= 0.3 is 0 Å². The summed E-state index contributed by atoms with van der Waals surface area (Å²) in [6, 6.07) is 5.76. The maximum Gasteiger partial charge on any atom is 0.138 e. The van der Waals surface area contributed by atoms with Gasteiger partial charge in [-0.3, -0.25) is 14.8 Å². The lowest BCUT2D eigenvalue weighted by Gasteiger charge is -1.99. The third kappa shape index (κ3) is 3.24. The molecule has 0 aromatic carbocycles. The van der Waals surface area contributed by atoms with Crippen LogP contribution in [0.2, 0.25) is 0 Å². The molecule has 0 fully saturated rings. The van der Waals surface area contributed by atoms with Crippen LogP contribution >= 0.6 is 11.3 Å². The number of carbonyl (C=O) groups excluding carboxylic acids is 1. The normalized spacial score (nSPS) is 10.2. The van der Waals surface area contributed by atoms with E-state index in [9.17, 15) is 4.79 Å². The molecule has 4 heteroatoms. The zero-order valence-electron chi connectivity index (χ0n) is 8.80. The Morgan fingerprint density at radius 1 is 1.38 bits per heavy atom. The van der Waals surface area contributed by atoms with Gasteiger partial charge in [0.05, 0.1) is 5.51 Å². The number of rotatable bonds is 5. The molecular formula is C12H12N2OS. The molecule has 0 spiro atoms. The molecular weight excluding hydrogens is 220 g/mol. The second kappa shape index (κ2) is 5.51. The van der Waals surface area contributed by atoms with Crippen LogP contribution in [-0.4, -0.2) is 15.8 Å². The summed E-state index contributed by atoms with van der Waals surface area (Å²) in [6.45, 7) is 0. The Hall–Kier alpha value is -1.55. The third-order valence-corrected chi connectivity index (χ3v) is 3.02. The lowest BCUT2D eigenvalue weighted by Crippen LogP contribution is -2.03. The number of nitrogens with zero attached hydrogens (tertiary/aromatic N) is 2. The van der Waals surface area contributed by atoms with Gasteiger partial charge in [-0.1, -0.05) is 6.07 Å². The fraction of sp³-hybridized carbons (Fsp3) is 0.250. The van der Waals surface area contributed by atoms with Crippen molar-refractivity contribution in [2.75, 3.05) is 0 Å². The third-order valence-electron chi connectivity index (χ3n) is 2.24. The van der Waals surface area contributed by atoms with E-state index in [1.54, 1.807) is 17.9 Å². The molecule has 0 aliphatic carbocycles. The quantitative estimate of drug-likeness (QED) is 0.794. The molecule has 16 heavy (non-hydrogen) atoms. The van der Waals surface area contributed by atoms with Crippen molar-refractivity contribution < 1.29 is 4.79 Å². The SMILES string of the molecule is O=C(CCc1ccccn1)Cc1cncs1. The van der Waals surface area contributed by atoms with Crippen LogP contribution in [-0.2, 0) is 17.6 Å². The van der Waals surface area contributed by atoms with Gasteiger partial charge in [-0.15, -0.1) is 11.3 Å². The Bertz CT molecular complexity index is 439. The van der Waals surface area contributed by atoms with E-state index in [1.807, 2.05) is 18.2 Å². The van der Waals surface area contributed by atoms with Crippen LogP contribution in [0.5, 0.6) is 0 Å². The number of ketones is 1. The number of aromatic nitrogens is 2. The lowest BCUT2D eigenvalue weighted by atomic mass is 10.1. The second-order valence-electron chi connectivity index (χ2n) is 3.50. The van der Waals surface area contributed by atoms with Crippen molar-refractivity contribution in [3.05, 3.63) is 46.7 Å². The van der Waals surface area contributed by atoms with Crippen LogP contribution in [0.25, 0.3) is 0 Å². The molecule has 0 bridgehead atoms. The van der Waals surface area contributed by atoms with Crippen LogP contribution in [0.3, 0.4) is 0 Å². The maximum atomic E-state index is 11.6. The van der Waals surface area contributed by atoms with Gasteiger partial charge in [-0.2, -0.15) is 0 Å². The first kappa shape index (κ1) is 11.0. The lowest BCUT2D eigenvalue weighted by molar-refractivity contribution is -0.118. The molecule has 0 unspecified atom stereocenters. The van der Waals surface area contributed by atoms with Crippen LogP contribution in [0, 0.1) is 0 Å². The van der Waals surface area contributed by atoms with E-state index in [0.717, 1.165) is 17.0 Å². The number of hydrogen-bond donors (Lipinski definition) is 0. The Morgan fingerprint density at radius 3 is 3.00 bits per heavy atom. The molecule has 2 aromatic heterocycles. The highest BCUT2D eigenvalue weighted by atomic mass is 32.1. The molecule has 0 saturated heterocycles. The van der Waals surface area contributed by atoms with Gasteiger partial charge in [0.2, 0.25) is 0 Å². The fourth-order valence-electron chi connectivity index (χ4n) is 1.43. The van der Waals surface area contributed by atoms with E-state index in [0.29, 0.717) is 12.8 Å². The van der Waals surface area contributed by atoms with Crippen molar-refractivity contribution in [2.24, 2.45) is 0 Å². The van der Waals surface area contributed by atoms with Gasteiger partial charge < -0.3 is 0 Å². The van der Waals surface area contributed by atoms with Crippen LogP contribution in [0.4, 0.5) is 0 Å². The number of hydrogen-bond acceptors (Lipinski definition) is 4. The van der Waals surface area contributed by atoms with Crippen molar-refractivity contribution in [2.45, 2.75) is 19.3 Å². The molecule has 2 aromatic rings. The summed E-state index contributed by atoms with van der Waals surface area (Å²) in [5, 5.41) is 0. The first-order valence-electron chi connectivity index (χ1n) is 5.13. The first-order valence-corrected chi connectivity index (χ1v) is 6.01. The average Bonchev–Trinajstić information content (AvgIpc) is 2.81. The summed E-state index contributed by atoms with van der Waals surface area (Å²) in [5.41, 5.74) is 2.72. The number of aryl methyl sites for hydroxylation is 1. The molecule has 3 nitrogen and oxygen atoms in total. The summed E-state index contributed by atoms with van der Waals surface area (Å²) < 4.78 is 0. The number of pyridine rings is 1. The Balaban J connectivity index is 1.80. The molecule has 0 amide bonds. The molecule has 0 atom stereocenters. The Kier molecular flexibility index (Phi) is 3.77. The molecule has 0 saturated carbocycles. The minimum Gasteiger partial charge on any atom is -0.299 e. The monoisotopic (exact) mass is 232 g/mol. The van der Waals surface area contributed by atoms with Gasteiger partial charge in [0.15, 0.2) is 0 Å². The zero-order valence-corrected chi connectivity index (χ0v) is 9.61. The minimum absolute atomic E-state index is 0.245. The number of carbonyl (C=O) groups is 1. The van der Waals surface area contributed by atoms with Crippen molar-refractivity contribution in [1.29, 1.82) is 0 Å². The van der Waals surface area contributed by atoms with E-state index in [4.69, 9.17) is 0 Å². The van der Waals surface area contributed by atoms with E-state index >= 15 is 0 Å². The highest BCUT2D eigenvalue weighted by molar-refractivity contribution is 7.09. The summed E-state index contributed by atoms with van der Waals surface area (Å²) >= 11 is 1.53. The van der Waals surface area contributed by atoms with Crippen molar-refractivity contribution in [3.63, 3.8) is 0 Å². The largest absolute Gasteiger partial charge is 0.299 e. The van der Waals surface area contributed by atoms with E-state index in [-0.39, 0.29) is 5.78 Å². The fourth-order valence-corrected chi connectivity index (χ4v) is 2.05. The van der Waals surface area contributed by atoms with E-state index in [1.165, 1.54) is 11.3 Å². The predicted octanol–water partition coefficient (Wildman–Crippen LogP) is 2.28. The number of Topliss-reactive ketones (excluding diaryl/α,β-unsaturated/α-hetero) is 1. The van der Waals surface area contributed by atoms with Crippen molar-refractivity contribution in [1.82, 2.24) is 9.97 Å². The maximum absolute atomic E-state index is 11.6. The summed E-state index contributed by atoms with van der Waals surface area (Å²) in [7, 11) is 0. The summed E-state index contributed by atoms with van der Waals surface area (Å²) in [6.07, 6.45) is 5.28. The number of thiazole rings is 1. The Labute approximate surface area is 98.2 Å². The minimum atomic E-state index is 0.245. The van der Waals surface area contributed by atoms with Crippen LogP contribution < -0.4 is 0 Å². The first-order chi connectivity index (χ1) is 7.84. The molecule has 82 valence electrons. The predicted molar refractivity (Wildman–Crippen MR) is 63.4 cm³/mol. The molecule has 2 rings (SSSR count). The van der Waals surface area contributed by atoms with Gasteiger partial charge in [0.25, 0.3) is 0 Å². The van der Waals surface area contributed by atoms with Gasteiger partial charge in [-0.25, -0.2) is 0 Å². The van der Waals surface area contributed by atoms with Gasteiger partial charge in [0, 0.05) is 35.8 Å². The molecule has 0 aliphatic rings. The van der Waals surface area contributed by atoms with E-state index in [2.05, 4.69) is 9.97 Å². The standard InChI is InChI=1S/C12H12N2OS/c15-11(7-12-8-13-9-16-12)5-4-10-3-1-2-6-14-10/h1-3,6,8-9H,4-5,7H2. The van der Waals surface area contributed by atoms with Gasteiger partial charge in [-0.05, 0) is 18.6 Å². The molecule has 2 heterocycles.